The number of nitrogens with zero attached hydrogens (tertiary/aromatic N) is 1. The van der Waals surface area contributed by atoms with Gasteiger partial charge >= 0.3 is 21.6 Å². The summed E-state index contributed by atoms with van der Waals surface area (Å²) in [6.45, 7) is 1.81. The summed E-state index contributed by atoms with van der Waals surface area (Å²) in [5, 5.41) is 0. The highest BCUT2D eigenvalue weighted by molar-refractivity contribution is 7.88. The van der Waals surface area contributed by atoms with Gasteiger partial charge in [-0.3, -0.25) is 0 Å². The SMILES string of the molecule is CCOC(=O)c1cc(OS(=O)(=O)C(F)(F)F)cc(COC2CCCCO2)n1. The van der Waals surface area contributed by atoms with Crippen molar-refractivity contribution in [2.24, 2.45) is 0 Å². The summed E-state index contributed by atoms with van der Waals surface area (Å²) >= 11 is 0. The molecule has 27 heavy (non-hydrogen) atoms. The van der Waals surface area contributed by atoms with E-state index >= 15 is 0 Å². The number of alkyl halides is 3. The highest BCUT2D eigenvalue weighted by Crippen LogP contribution is 2.28. The molecule has 1 aromatic rings. The fourth-order valence-electron chi connectivity index (χ4n) is 2.19. The quantitative estimate of drug-likeness (QED) is 0.382. The standard InChI is InChI=1S/C15H18F3NO7S/c1-2-23-14(20)12-8-11(26-27(21,22)15(16,17)18)7-10(19-12)9-25-13-5-3-4-6-24-13/h7-8,13H,2-6,9H2,1H3. The van der Waals surface area contributed by atoms with Crippen LogP contribution in [-0.2, 0) is 30.9 Å². The van der Waals surface area contributed by atoms with Gasteiger partial charge in [-0.2, -0.15) is 21.6 Å². The van der Waals surface area contributed by atoms with Gasteiger partial charge in [-0.15, -0.1) is 0 Å². The van der Waals surface area contributed by atoms with Crippen LogP contribution in [0.3, 0.4) is 0 Å². The molecule has 2 rings (SSSR count). The van der Waals surface area contributed by atoms with E-state index in [1.165, 1.54) is 6.92 Å². The van der Waals surface area contributed by atoms with Gasteiger partial charge in [0.25, 0.3) is 0 Å². The first-order valence-corrected chi connectivity index (χ1v) is 9.45. The molecule has 0 saturated carbocycles. The molecule has 0 spiro atoms. The van der Waals surface area contributed by atoms with Crippen LogP contribution in [0.15, 0.2) is 12.1 Å². The number of hydrogen-bond acceptors (Lipinski definition) is 8. The summed E-state index contributed by atoms with van der Waals surface area (Å²) in [6.07, 6.45) is 1.89. The van der Waals surface area contributed by atoms with Gasteiger partial charge in [0, 0.05) is 18.7 Å². The van der Waals surface area contributed by atoms with Crippen LogP contribution in [0.25, 0.3) is 0 Å². The predicted octanol–water partition coefficient (Wildman–Crippen LogP) is 2.53. The summed E-state index contributed by atoms with van der Waals surface area (Å²) in [5.74, 6) is -1.67. The van der Waals surface area contributed by atoms with Gasteiger partial charge in [0.2, 0.25) is 0 Å². The molecule has 0 N–H and O–H groups in total. The van der Waals surface area contributed by atoms with E-state index in [4.69, 9.17) is 14.2 Å². The smallest absolute Gasteiger partial charge is 0.461 e. The van der Waals surface area contributed by atoms with E-state index < -0.39 is 39.3 Å². The van der Waals surface area contributed by atoms with Crippen molar-refractivity contribution >= 4 is 16.1 Å². The Morgan fingerprint density at radius 2 is 2.07 bits per heavy atom. The average Bonchev–Trinajstić information content (AvgIpc) is 2.59. The highest BCUT2D eigenvalue weighted by Gasteiger charge is 2.48. The molecule has 0 radical (unpaired) electrons. The molecule has 12 heteroatoms. The van der Waals surface area contributed by atoms with Crippen LogP contribution in [0.4, 0.5) is 13.2 Å². The van der Waals surface area contributed by atoms with E-state index in [1.807, 2.05) is 0 Å². The Kier molecular flexibility index (Phi) is 7.00. The molecule has 1 atom stereocenters. The molecular weight excluding hydrogens is 395 g/mol. The Balaban J connectivity index is 2.23. The third-order valence-electron chi connectivity index (χ3n) is 3.38. The number of rotatable bonds is 7. The van der Waals surface area contributed by atoms with Gasteiger partial charge in [0.05, 0.1) is 18.9 Å². The second kappa shape index (κ2) is 8.85. The highest BCUT2D eigenvalue weighted by atomic mass is 32.2. The maximum Gasteiger partial charge on any atom is 0.534 e. The fraction of sp³-hybridized carbons (Fsp3) is 0.600. The Labute approximate surface area is 153 Å². The summed E-state index contributed by atoms with van der Waals surface area (Å²) in [4.78, 5) is 15.8. The Bertz CT molecular complexity index is 761. The van der Waals surface area contributed by atoms with Gasteiger partial charge < -0.3 is 18.4 Å². The van der Waals surface area contributed by atoms with Crippen LogP contribution in [0.2, 0.25) is 0 Å². The second-order valence-corrected chi connectivity index (χ2v) is 7.03. The first-order valence-electron chi connectivity index (χ1n) is 8.04. The van der Waals surface area contributed by atoms with Crippen LogP contribution in [0, 0.1) is 0 Å². The van der Waals surface area contributed by atoms with E-state index in [2.05, 4.69) is 9.17 Å². The molecule has 0 amide bonds. The van der Waals surface area contributed by atoms with Crippen LogP contribution in [-0.4, -0.2) is 44.4 Å². The lowest BCUT2D eigenvalue weighted by Gasteiger charge is -2.22. The number of halogens is 3. The first-order chi connectivity index (χ1) is 12.6. The average molecular weight is 413 g/mol. The molecule has 8 nitrogen and oxygen atoms in total. The lowest BCUT2D eigenvalue weighted by atomic mass is 10.2. The number of hydrogen-bond donors (Lipinski definition) is 0. The molecule has 1 unspecified atom stereocenters. The van der Waals surface area contributed by atoms with E-state index in [-0.39, 0.29) is 18.9 Å². The maximum atomic E-state index is 12.5. The third-order valence-corrected chi connectivity index (χ3v) is 4.36. The minimum Gasteiger partial charge on any atom is -0.461 e. The lowest BCUT2D eigenvalue weighted by molar-refractivity contribution is -0.169. The molecular formula is C15H18F3NO7S. The van der Waals surface area contributed by atoms with Crippen LogP contribution >= 0.6 is 0 Å². The van der Waals surface area contributed by atoms with Crippen molar-refractivity contribution < 1.29 is 44.8 Å². The van der Waals surface area contributed by atoms with E-state index in [9.17, 15) is 26.4 Å². The third kappa shape index (κ3) is 6.04. The Morgan fingerprint density at radius 3 is 2.67 bits per heavy atom. The van der Waals surface area contributed by atoms with E-state index in [1.54, 1.807) is 0 Å². The number of aromatic nitrogens is 1. The molecule has 1 fully saturated rings. The second-order valence-electron chi connectivity index (χ2n) is 5.49. The maximum absolute atomic E-state index is 12.5. The monoisotopic (exact) mass is 413 g/mol. The largest absolute Gasteiger partial charge is 0.534 e. The lowest BCUT2D eigenvalue weighted by Crippen LogP contribution is -2.28. The minimum atomic E-state index is -5.90. The molecule has 1 saturated heterocycles. The van der Waals surface area contributed by atoms with Gasteiger partial charge in [-0.1, -0.05) is 0 Å². The fourth-order valence-corrected chi connectivity index (χ4v) is 2.63. The molecule has 0 aliphatic carbocycles. The van der Waals surface area contributed by atoms with Crippen molar-refractivity contribution in [1.82, 2.24) is 4.98 Å². The van der Waals surface area contributed by atoms with Crippen molar-refractivity contribution in [2.75, 3.05) is 13.2 Å². The summed E-state index contributed by atoms with van der Waals surface area (Å²) in [7, 11) is -5.90. The van der Waals surface area contributed by atoms with Crippen LogP contribution < -0.4 is 4.18 Å². The molecule has 0 aromatic carbocycles. The van der Waals surface area contributed by atoms with Gasteiger partial charge in [0.15, 0.2) is 12.0 Å². The summed E-state index contributed by atoms with van der Waals surface area (Å²) < 4.78 is 79.6. The van der Waals surface area contributed by atoms with Crippen LogP contribution in [0.1, 0.15) is 42.4 Å². The zero-order valence-electron chi connectivity index (χ0n) is 14.3. The normalized spacial score (nSPS) is 18.1. The number of ether oxygens (including phenoxy) is 3. The molecule has 152 valence electrons. The summed E-state index contributed by atoms with van der Waals surface area (Å²) in [5.41, 5.74) is -6.04. The van der Waals surface area contributed by atoms with E-state index in [0.29, 0.717) is 13.0 Å². The zero-order chi connectivity index (χ0) is 20.1. The molecule has 2 heterocycles. The van der Waals surface area contributed by atoms with Crippen molar-refractivity contribution in [3.8, 4) is 5.75 Å². The number of pyridine rings is 1. The van der Waals surface area contributed by atoms with Crippen molar-refractivity contribution in [1.29, 1.82) is 0 Å². The topological polar surface area (TPSA) is 101 Å². The van der Waals surface area contributed by atoms with Crippen molar-refractivity contribution in [3.63, 3.8) is 0 Å². The van der Waals surface area contributed by atoms with Gasteiger partial charge in [0.1, 0.15) is 5.75 Å². The van der Waals surface area contributed by atoms with Gasteiger partial charge in [-0.05, 0) is 26.2 Å². The van der Waals surface area contributed by atoms with E-state index in [0.717, 1.165) is 25.0 Å². The van der Waals surface area contributed by atoms with Gasteiger partial charge in [-0.25, -0.2) is 9.78 Å². The minimum absolute atomic E-state index is 0.00576. The molecule has 1 aliphatic heterocycles. The van der Waals surface area contributed by atoms with Crippen LogP contribution in [0.5, 0.6) is 5.75 Å². The number of esters is 1. The predicted molar refractivity (Wildman–Crippen MR) is 84.2 cm³/mol. The molecule has 1 aromatic heterocycles. The zero-order valence-corrected chi connectivity index (χ0v) is 15.1. The molecule has 0 bridgehead atoms. The first kappa shape index (κ1) is 21.4. The van der Waals surface area contributed by atoms with Crippen molar-refractivity contribution in [2.45, 2.75) is 44.6 Å². The Morgan fingerprint density at radius 1 is 1.33 bits per heavy atom. The molecule has 1 aliphatic rings. The number of carbonyl (C=O) groups is 1. The van der Waals surface area contributed by atoms with Crippen molar-refractivity contribution in [3.05, 3.63) is 23.5 Å². The summed E-state index contributed by atoms with van der Waals surface area (Å²) in [6, 6.07) is 1.69. The number of carbonyl (C=O) groups excluding carboxylic acids is 1. The Hall–Kier alpha value is -1.92.